The van der Waals surface area contributed by atoms with Gasteiger partial charge in [0.1, 0.15) is 5.75 Å². The number of ether oxygens (including phenoxy) is 1. The van der Waals surface area contributed by atoms with Crippen molar-refractivity contribution in [1.82, 2.24) is 5.32 Å². The Morgan fingerprint density at radius 2 is 1.91 bits per heavy atom. The van der Waals surface area contributed by atoms with E-state index in [4.69, 9.17) is 4.74 Å². The second-order valence-corrected chi connectivity index (χ2v) is 5.79. The second kappa shape index (κ2) is 8.21. The first-order chi connectivity index (χ1) is 10.3. The summed E-state index contributed by atoms with van der Waals surface area (Å²) >= 11 is 0. The van der Waals surface area contributed by atoms with E-state index in [-0.39, 0.29) is 12.4 Å². The maximum atomic E-state index is 5.37. The van der Waals surface area contributed by atoms with Crippen LogP contribution in [0.3, 0.4) is 0 Å². The van der Waals surface area contributed by atoms with E-state index < -0.39 is 0 Å². The van der Waals surface area contributed by atoms with Crippen molar-refractivity contribution in [3.63, 3.8) is 0 Å². The van der Waals surface area contributed by atoms with Crippen LogP contribution in [0.15, 0.2) is 48.5 Å². The van der Waals surface area contributed by atoms with Crippen LogP contribution < -0.4 is 10.1 Å². The molecule has 1 N–H and O–H groups in total. The van der Waals surface area contributed by atoms with Crippen LogP contribution in [-0.4, -0.2) is 13.2 Å². The first-order valence-electron chi connectivity index (χ1n) is 7.78. The van der Waals surface area contributed by atoms with E-state index in [1.807, 2.05) is 0 Å². The van der Waals surface area contributed by atoms with Crippen molar-refractivity contribution < 1.29 is 4.74 Å². The number of hydrogen-bond acceptors (Lipinski definition) is 2. The van der Waals surface area contributed by atoms with Gasteiger partial charge in [-0.2, -0.15) is 0 Å². The summed E-state index contributed by atoms with van der Waals surface area (Å²) in [4.78, 5) is 0. The van der Waals surface area contributed by atoms with Gasteiger partial charge in [-0.05, 0) is 54.5 Å². The third-order valence-corrected chi connectivity index (χ3v) is 4.32. The maximum Gasteiger partial charge on any atom is 0.119 e. The van der Waals surface area contributed by atoms with Gasteiger partial charge in [0.05, 0.1) is 7.11 Å². The zero-order valence-corrected chi connectivity index (χ0v) is 13.9. The third kappa shape index (κ3) is 4.25. The summed E-state index contributed by atoms with van der Waals surface area (Å²) in [5, 5.41) is 3.72. The molecule has 1 atom stereocenters. The van der Waals surface area contributed by atoms with Crippen LogP contribution in [0.4, 0.5) is 0 Å². The second-order valence-electron chi connectivity index (χ2n) is 5.79. The average molecular weight is 318 g/mol. The molecule has 22 heavy (non-hydrogen) atoms. The highest BCUT2D eigenvalue weighted by atomic mass is 35.5. The Morgan fingerprint density at radius 1 is 1.09 bits per heavy atom. The molecule has 0 spiro atoms. The first kappa shape index (κ1) is 16.9. The van der Waals surface area contributed by atoms with Gasteiger partial charge >= 0.3 is 0 Å². The molecular weight excluding hydrogens is 294 g/mol. The number of benzene rings is 2. The molecule has 0 amide bonds. The van der Waals surface area contributed by atoms with Crippen molar-refractivity contribution >= 4 is 12.4 Å². The number of nitrogens with one attached hydrogen (secondary N) is 1. The smallest absolute Gasteiger partial charge is 0.119 e. The van der Waals surface area contributed by atoms with Gasteiger partial charge in [0.25, 0.3) is 0 Å². The summed E-state index contributed by atoms with van der Waals surface area (Å²) in [6.07, 6.45) is 4.78. The largest absolute Gasteiger partial charge is 0.497 e. The van der Waals surface area contributed by atoms with Crippen LogP contribution in [0.1, 0.15) is 29.5 Å². The molecule has 0 saturated heterocycles. The third-order valence-electron chi connectivity index (χ3n) is 4.32. The highest BCUT2D eigenvalue weighted by Crippen LogP contribution is 2.25. The molecule has 3 heteroatoms. The predicted molar refractivity (Wildman–Crippen MR) is 94.0 cm³/mol. The number of hydrogen-bond donors (Lipinski definition) is 1. The quantitative estimate of drug-likeness (QED) is 0.855. The Kier molecular flexibility index (Phi) is 6.29. The van der Waals surface area contributed by atoms with Gasteiger partial charge in [-0.25, -0.2) is 0 Å². The lowest BCUT2D eigenvalue weighted by Gasteiger charge is -2.17. The number of aryl methyl sites for hydroxylation is 1. The molecule has 118 valence electrons. The SMILES string of the molecule is COc1ccc2c(c1)C[C@@H](NCc1ccccc1)CCC2.Cl. The summed E-state index contributed by atoms with van der Waals surface area (Å²) in [6.45, 7) is 0.949. The Bertz CT molecular complexity index is 585. The van der Waals surface area contributed by atoms with Crippen LogP contribution in [0, 0.1) is 0 Å². The minimum atomic E-state index is 0. The van der Waals surface area contributed by atoms with E-state index in [1.54, 1.807) is 7.11 Å². The molecule has 0 radical (unpaired) electrons. The molecule has 2 aromatic rings. The highest BCUT2D eigenvalue weighted by molar-refractivity contribution is 5.85. The summed E-state index contributed by atoms with van der Waals surface area (Å²) in [5.41, 5.74) is 4.28. The van der Waals surface area contributed by atoms with Gasteiger partial charge in [-0.1, -0.05) is 36.4 Å². The molecule has 3 rings (SSSR count). The Balaban J connectivity index is 0.00000176. The summed E-state index contributed by atoms with van der Waals surface area (Å²) in [5.74, 6) is 0.970. The van der Waals surface area contributed by atoms with Gasteiger partial charge in [0.2, 0.25) is 0 Å². The first-order valence-corrected chi connectivity index (χ1v) is 7.78. The van der Waals surface area contributed by atoms with E-state index in [1.165, 1.54) is 36.0 Å². The van der Waals surface area contributed by atoms with Gasteiger partial charge < -0.3 is 10.1 Å². The van der Waals surface area contributed by atoms with Crippen molar-refractivity contribution in [3.8, 4) is 5.75 Å². The molecule has 2 nitrogen and oxygen atoms in total. The van der Waals surface area contributed by atoms with E-state index in [0.717, 1.165) is 18.7 Å². The van der Waals surface area contributed by atoms with Crippen molar-refractivity contribution in [3.05, 3.63) is 65.2 Å². The number of halogens is 1. The fourth-order valence-electron chi connectivity index (χ4n) is 3.10. The minimum absolute atomic E-state index is 0. The van der Waals surface area contributed by atoms with Gasteiger partial charge in [-0.3, -0.25) is 0 Å². The standard InChI is InChI=1S/C19H23NO.ClH/c1-21-19-11-10-16-8-5-9-18(12-17(16)13-19)20-14-15-6-3-2-4-7-15;/h2-4,6-7,10-11,13,18,20H,5,8-9,12,14H2,1H3;1H/t18-;/m0./s1. The van der Waals surface area contributed by atoms with Crippen LogP contribution >= 0.6 is 12.4 Å². The summed E-state index contributed by atoms with van der Waals surface area (Å²) in [6, 6.07) is 17.7. The molecule has 2 aromatic carbocycles. The van der Waals surface area contributed by atoms with E-state index in [0.29, 0.717) is 6.04 Å². The maximum absolute atomic E-state index is 5.37. The molecule has 0 fully saturated rings. The Morgan fingerprint density at radius 3 is 2.68 bits per heavy atom. The lowest BCUT2D eigenvalue weighted by atomic mass is 10.0. The monoisotopic (exact) mass is 317 g/mol. The average Bonchev–Trinajstić information content (AvgIpc) is 2.75. The van der Waals surface area contributed by atoms with E-state index in [2.05, 4.69) is 53.8 Å². The van der Waals surface area contributed by atoms with Crippen LogP contribution in [0.5, 0.6) is 5.75 Å². The van der Waals surface area contributed by atoms with Crippen molar-refractivity contribution in [1.29, 1.82) is 0 Å². The van der Waals surface area contributed by atoms with Crippen molar-refractivity contribution in [2.24, 2.45) is 0 Å². The molecule has 0 aliphatic heterocycles. The molecule has 0 heterocycles. The number of fused-ring (bicyclic) bond motifs is 1. The predicted octanol–water partition coefficient (Wildman–Crippen LogP) is 4.15. The summed E-state index contributed by atoms with van der Waals surface area (Å²) in [7, 11) is 1.74. The number of rotatable bonds is 4. The minimum Gasteiger partial charge on any atom is -0.497 e. The van der Waals surface area contributed by atoms with Gasteiger partial charge in [-0.15, -0.1) is 12.4 Å². The normalized spacial score (nSPS) is 17.0. The van der Waals surface area contributed by atoms with Crippen molar-refractivity contribution in [2.45, 2.75) is 38.3 Å². The fraction of sp³-hybridized carbons (Fsp3) is 0.368. The van der Waals surface area contributed by atoms with Gasteiger partial charge in [0.15, 0.2) is 0 Å². The van der Waals surface area contributed by atoms with Gasteiger partial charge in [0, 0.05) is 12.6 Å². The van der Waals surface area contributed by atoms with E-state index in [9.17, 15) is 0 Å². The molecule has 1 aliphatic rings. The van der Waals surface area contributed by atoms with Crippen LogP contribution in [-0.2, 0) is 19.4 Å². The molecule has 0 saturated carbocycles. The topological polar surface area (TPSA) is 21.3 Å². The molecule has 0 unspecified atom stereocenters. The molecular formula is C19H24ClNO. The Hall–Kier alpha value is -1.51. The zero-order valence-electron chi connectivity index (χ0n) is 13.0. The summed E-state index contributed by atoms with van der Waals surface area (Å²) < 4.78 is 5.37. The zero-order chi connectivity index (χ0) is 14.5. The lowest BCUT2D eigenvalue weighted by molar-refractivity contribution is 0.413. The van der Waals surface area contributed by atoms with Crippen LogP contribution in [0.2, 0.25) is 0 Å². The van der Waals surface area contributed by atoms with E-state index >= 15 is 0 Å². The van der Waals surface area contributed by atoms with Crippen molar-refractivity contribution in [2.75, 3.05) is 7.11 Å². The molecule has 0 bridgehead atoms. The molecule has 0 aromatic heterocycles. The number of methoxy groups -OCH3 is 1. The van der Waals surface area contributed by atoms with Crippen LogP contribution in [0.25, 0.3) is 0 Å². The highest BCUT2D eigenvalue weighted by Gasteiger charge is 2.16. The molecule has 1 aliphatic carbocycles. The fourth-order valence-corrected chi connectivity index (χ4v) is 3.10. The lowest BCUT2D eigenvalue weighted by Crippen LogP contribution is -2.30. The Labute approximate surface area is 139 Å².